The van der Waals surface area contributed by atoms with Crippen molar-refractivity contribution in [2.24, 2.45) is 5.41 Å². The molecule has 2 saturated heterocycles. The van der Waals surface area contributed by atoms with Crippen LogP contribution < -0.4 is 4.90 Å². The number of hydrogen-bond acceptors (Lipinski definition) is 5. The van der Waals surface area contributed by atoms with Crippen molar-refractivity contribution >= 4 is 16.9 Å². The summed E-state index contributed by atoms with van der Waals surface area (Å²) in [5.41, 5.74) is 4.28. The van der Waals surface area contributed by atoms with Gasteiger partial charge in [0, 0.05) is 50.9 Å². The number of imidazole rings is 1. The van der Waals surface area contributed by atoms with Crippen LogP contribution in [0.1, 0.15) is 26.2 Å². The fraction of sp³-hybridized carbons (Fsp3) is 0.520. The highest BCUT2D eigenvalue weighted by Crippen LogP contribution is 2.47. The third kappa shape index (κ3) is 3.48. The van der Waals surface area contributed by atoms with Crippen LogP contribution in [0.2, 0.25) is 0 Å². The van der Waals surface area contributed by atoms with Crippen molar-refractivity contribution in [1.82, 2.24) is 24.8 Å². The van der Waals surface area contributed by atoms with E-state index in [1.54, 1.807) is 12.4 Å². The number of fused-ring (bicyclic) bond motifs is 1. The predicted octanol–water partition coefficient (Wildman–Crippen LogP) is 3.76. The van der Waals surface area contributed by atoms with Gasteiger partial charge in [0.2, 0.25) is 0 Å². The number of H-pyrrole nitrogens is 1. The third-order valence-electron chi connectivity index (χ3n) is 7.94. The summed E-state index contributed by atoms with van der Waals surface area (Å²) in [7, 11) is 0. The number of nitrogens with one attached hydrogen (secondary N) is 1. The summed E-state index contributed by atoms with van der Waals surface area (Å²) in [6, 6.07) is 8.36. The smallest absolute Gasteiger partial charge is 0.142 e. The molecule has 1 atom stereocenters. The van der Waals surface area contributed by atoms with Crippen molar-refractivity contribution < 1.29 is 4.39 Å². The number of hydrogen-bond donors (Lipinski definition) is 1. The molecular weight excluding hydrogens is 403 g/mol. The third-order valence-corrected chi connectivity index (χ3v) is 7.94. The van der Waals surface area contributed by atoms with Gasteiger partial charge >= 0.3 is 0 Å². The Morgan fingerprint density at radius 3 is 2.78 bits per heavy atom. The Labute approximate surface area is 188 Å². The lowest BCUT2D eigenvalue weighted by Gasteiger charge is -2.49. The normalized spacial score (nSPS) is 23.8. The SMILES string of the molecule is CCN1CC2(CCC(N3CCN(c4ncc(F)cc4-c4ccc5nc[nH]c5c4)CC3)C2)C1. The molecule has 0 bridgehead atoms. The molecule has 1 aromatic carbocycles. The molecule has 0 amide bonds. The molecule has 4 heterocycles. The number of aromatic nitrogens is 3. The summed E-state index contributed by atoms with van der Waals surface area (Å²) in [5.74, 6) is 0.579. The molecule has 1 saturated carbocycles. The molecule has 1 unspecified atom stereocenters. The van der Waals surface area contributed by atoms with Gasteiger partial charge in [0.25, 0.3) is 0 Å². The topological polar surface area (TPSA) is 51.3 Å². The lowest BCUT2D eigenvalue weighted by Crippen LogP contribution is -2.56. The van der Waals surface area contributed by atoms with E-state index in [1.165, 1.54) is 45.1 Å². The number of nitrogens with zero attached hydrogens (tertiary/aromatic N) is 5. The average molecular weight is 435 g/mol. The molecule has 3 aliphatic rings. The van der Waals surface area contributed by atoms with Crippen LogP contribution in [0.15, 0.2) is 36.8 Å². The summed E-state index contributed by atoms with van der Waals surface area (Å²) < 4.78 is 14.2. The average Bonchev–Trinajstić information content (AvgIpc) is 3.45. The molecule has 0 radical (unpaired) electrons. The van der Waals surface area contributed by atoms with E-state index in [2.05, 4.69) is 36.6 Å². The molecule has 1 spiro atoms. The maximum absolute atomic E-state index is 14.2. The van der Waals surface area contributed by atoms with Gasteiger partial charge in [0.1, 0.15) is 11.6 Å². The first kappa shape index (κ1) is 20.1. The van der Waals surface area contributed by atoms with E-state index in [1.807, 2.05) is 18.2 Å². The molecule has 2 aromatic heterocycles. The Bertz CT molecular complexity index is 1110. The summed E-state index contributed by atoms with van der Waals surface area (Å²) in [5, 5.41) is 0. The van der Waals surface area contributed by atoms with Gasteiger partial charge in [-0.05, 0) is 55.0 Å². The Morgan fingerprint density at radius 2 is 1.97 bits per heavy atom. The molecule has 32 heavy (non-hydrogen) atoms. The molecule has 7 heteroatoms. The first-order valence-electron chi connectivity index (χ1n) is 11.9. The van der Waals surface area contributed by atoms with Gasteiger partial charge in [-0.1, -0.05) is 13.0 Å². The number of anilines is 1. The van der Waals surface area contributed by atoms with Crippen molar-refractivity contribution in [2.45, 2.75) is 32.2 Å². The summed E-state index contributed by atoms with van der Waals surface area (Å²) in [6.07, 6.45) is 7.11. The maximum Gasteiger partial charge on any atom is 0.142 e. The van der Waals surface area contributed by atoms with E-state index < -0.39 is 0 Å². The molecule has 3 fully saturated rings. The van der Waals surface area contributed by atoms with Crippen LogP contribution in [0, 0.1) is 11.2 Å². The van der Waals surface area contributed by atoms with Crippen LogP contribution in [-0.2, 0) is 0 Å². The lowest BCUT2D eigenvalue weighted by atomic mass is 9.78. The van der Waals surface area contributed by atoms with Crippen molar-refractivity contribution in [1.29, 1.82) is 0 Å². The fourth-order valence-corrected chi connectivity index (χ4v) is 6.20. The number of rotatable bonds is 4. The zero-order chi connectivity index (χ0) is 21.7. The Hall–Kier alpha value is -2.51. The van der Waals surface area contributed by atoms with E-state index in [9.17, 15) is 4.39 Å². The van der Waals surface area contributed by atoms with Gasteiger partial charge in [0.05, 0.1) is 23.6 Å². The molecule has 3 aromatic rings. The van der Waals surface area contributed by atoms with E-state index in [-0.39, 0.29) is 5.82 Å². The standard InChI is InChI=1S/C25H31FN6/c1-2-30-15-25(16-30)6-5-20(13-25)31-7-9-32(10-8-31)24-21(12-19(26)14-27-24)18-3-4-22-23(11-18)29-17-28-22/h3-4,11-12,14,17,20H,2,5-10,13,15-16H2,1H3,(H,28,29). The molecule has 1 aliphatic carbocycles. The second-order valence-electron chi connectivity index (χ2n) is 9.88. The highest BCUT2D eigenvalue weighted by Gasteiger charge is 2.48. The van der Waals surface area contributed by atoms with Crippen molar-refractivity contribution in [3.8, 4) is 11.1 Å². The zero-order valence-corrected chi connectivity index (χ0v) is 18.7. The number of aromatic amines is 1. The largest absolute Gasteiger partial charge is 0.354 e. The van der Waals surface area contributed by atoms with E-state index in [0.29, 0.717) is 5.41 Å². The summed E-state index contributed by atoms with van der Waals surface area (Å²) >= 11 is 0. The minimum Gasteiger partial charge on any atom is -0.354 e. The van der Waals surface area contributed by atoms with Crippen molar-refractivity contribution in [2.75, 3.05) is 50.7 Å². The Balaban J connectivity index is 1.17. The van der Waals surface area contributed by atoms with Crippen LogP contribution in [0.25, 0.3) is 22.2 Å². The van der Waals surface area contributed by atoms with Crippen LogP contribution in [-0.4, -0.2) is 76.6 Å². The number of halogens is 1. The fourth-order valence-electron chi connectivity index (χ4n) is 6.20. The number of pyridine rings is 1. The van der Waals surface area contributed by atoms with Gasteiger partial charge in [-0.2, -0.15) is 0 Å². The Kier molecular flexibility index (Phi) is 4.91. The van der Waals surface area contributed by atoms with Gasteiger partial charge in [-0.3, -0.25) is 4.90 Å². The van der Waals surface area contributed by atoms with Crippen LogP contribution in [0.3, 0.4) is 0 Å². The predicted molar refractivity (Wildman–Crippen MR) is 125 cm³/mol. The van der Waals surface area contributed by atoms with E-state index in [4.69, 9.17) is 0 Å². The number of piperazine rings is 1. The highest BCUT2D eigenvalue weighted by molar-refractivity contribution is 5.85. The Morgan fingerprint density at radius 1 is 1.12 bits per heavy atom. The molecule has 168 valence electrons. The quantitative estimate of drug-likeness (QED) is 0.678. The molecule has 6 nitrogen and oxygen atoms in total. The van der Waals surface area contributed by atoms with Crippen molar-refractivity contribution in [3.63, 3.8) is 0 Å². The minimum absolute atomic E-state index is 0.301. The van der Waals surface area contributed by atoms with Gasteiger partial charge in [-0.15, -0.1) is 0 Å². The van der Waals surface area contributed by atoms with Gasteiger partial charge < -0.3 is 14.8 Å². The summed E-state index contributed by atoms with van der Waals surface area (Å²) in [4.78, 5) is 19.6. The van der Waals surface area contributed by atoms with Gasteiger partial charge in [0.15, 0.2) is 0 Å². The highest BCUT2D eigenvalue weighted by atomic mass is 19.1. The number of likely N-dealkylation sites (tertiary alicyclic amines) is 1. The molecule has 6 rings (SSSR count). The minimum atomic E-state index is -0.301. The second kappa shape index (κ2) is 7.81. The first-order valence-corrected chi connectivity index (χ1v) is 11.9. The van der Waals surface area contributed by atoms with Crippen LogP contribution in [0.4, 0.5) is 10.2 Å². The molecule has 1 N–H and O–H groups in total. The van der Waals surface area contributed by atoms with Crippen LogP contribution in [0.5, 0.6) is 0 Å². The van der Waals surface area contributed by atoms with E-state index in [0.717, 1.165) is 60.2 Å². The molecular formula is C25H31FN6. The van der Waals surface area contributed by atoms with E-state index >= 15 is 0 Å². The summed E-state index contributed by atoms with van der Waals surface area (Å²) in [6.45, 7) is 10.0. The van der Waals surface area contributed by atoms with Crippen molar-refractivity contribution in [3.05, 3.63) is 42.6 Å². The zero-order valence-electron chi connectivity index (χ0n) is 18.7. The first-order chi connectivity index (χ1) is 15.6. The monoisotopic (exact) mass is 434 g/mol. The van der Waals surface area contributed by atoms with Gasteiger partial charge in [-0.25, -0.2) is 14.4 Å². The lowest BCUT2D eigenvalue weighted by molar-refractivity contribution is 0.00366. The number of benzene rings is 1. The maximum atomic E-state index is 14.2. The second-order valence-corrected chi connectivity index (χ2v) is 9.88. The van der Waals surface area contributed by atoms with Crippen LogP contribution >= 0.6 is 0 Å². The molecule has 2 aliphatic heterocycles.